The third-order valence-corrected chi connectivity index (χ3v) is 3.87. The minimum absolute atomic E-state index is 0.174. The second kappa shape index (κ2) is 7.29. The molecule has 20 heavy (non-hydrogen) atoms. The van der Waals surface area contributed by atoms with Gasteiger partial charge < -0.3 is 15.5 Å². The number of likely N-dealkylation sites (N-methyl/N-ethyl adjacent to an activating group) is 1. The highest BCUT2D eigenvalue weighted by Gasteiger charge is 2.13. The van der Waals surface area contributed by atoms with Crippen molar-refractivity contribution in [3.63, 3.8) is 0 Å². The summed E-state index contributed by atoms with van der Waals surface area (Å²) in [6, 6.07) is 6.42. The Kier molecular flexibility index (Phi) is 5.41. The van der Waals surface area contributed by atoms with E-state index < -0.39 is 0 Å². The Labute approximate surface area is 121 Å². The van der Waals surface area contributed by atoms with Crippen LogP contribution in [0.3, 0.4) is 0 Å². The number of anilines is 1. The van der Waals surface area contributed by atoms with Crippen LogP contribution in [0.5, 0.6) is 0 Å². The van der Waals surface area contributed by atoms with E-state index in [-0.39, 0.29) is 5.91 Å². The van der Waals surface area contributed by atoms with E-state index in [2.05, 4.69) is 28.8 Å². The van der Waals surface area contributed by atoms with Gasteiger partial charge in [-0.1, -0.05) is 18.2 Å². The van der Waals surface area contributed by atoms with Crippen LogP contribution in [0.2, 0.25) is 0 Å². The number of fused-ring (bicyclic) bond motifs is 1. The molecule has 0 radical (unpaired) electrons. The first-order valence-corrected chi connectivity index (χ1v) is 7.59. The average Bonchev–Trinajstić information content (AvgIpc) is 2.49. The van der Waals surface area contributed by atoms with Crippen molar-refractivity contribution in [1.29, 1.82) is 0 Å². The minimum atomic E-state index is 0.174. The van der Waals surface area contributed by atoms with Gasteiger partial charge in [0, 0.05) is 31.9 Å². The van der Waals surface area contributed by atoms with Gasteiger partial charge in [-0.05, 0) is 37.8 Å². The Bertz CT molecular complexity index is 455. The zero-order valence-corrected chi connectivity index (χ0v) is 12.5. The van der Waals surface area contributed by atoms with Crippen LogP contribution in [0.1, 0.15) is 31.4 Å². The molecule has 0 aliphatic carbocycles. The van der Waals surface area contributed by atoms with Crippen molar-refractivity contribution in [1.82, 2.24) is 10.2 Å². The maximum absolute atomic E-state index is 11.9. The van der Waals surface area contributed by atoms with Gasteiger partial charge in [0.2, 0.25) is 5.91 Å². The average molecular weight is 275 g/mol. The quantitative estimate of drug-likeness (QED) is 0.834. The molecule has 0 saturated heterocycles. The number of hydrogen-bond acceptors (Lipinski definition) is 3. The molecule has 2 rings (SSSR count). The van der Waals surface area contributed by atoms with Crippen LogP contribution in [-0.2, 0) is 17.8 Å². The molecule has 4 nitrogen and oxygen atoms in total. The van der Waals surface area contributed by atoms with Gasteiger partial charge in [0.05, 0.1) is 6.54 Å². The van der Waals surface area contributed by atoms with Crippen molar-refractivity contribution in [2.45, 2.75) is 33.2 Å². The smallest absolute Gasteiger partial charge is 0.236 e. The first-order chi connectivity index (χ1) is 9.76. The van der Waals surface area contributed by atoms with Crippen LogP contribution in [-0.4, -0.2) is 37.0 Å². The lowest BCUT2D eigenvalue weighted by Gasteiger charge is -2.22. The van der Waals surface area contributed by atoms with E-state index in [1.807, 2.05) is 18.7 Å². The molecule has 1 amide bonds. The maximum Gasteiger partial charge on any atom is 0.236 e. The number of nitrogens with zero attached hydrogens (tertiary/aromatic N) is 1. The van der Waals surface area contributed by atoms with E-state index in [4.69, 9.17) is 0 Å². The fourth-order valence-electron chi connectivity index (χ4n) is 2.72. The minimum Gasteiger partial charge on any atom is -0.385 e. The number of rotatable bonds is 6. The first kappa shape index (κ1) is 14.9. The Morgan fingerprint density at radius 2 is 2.15 bits per heavy atom. The molecule has 1 aliphatic rings. The van der Waals surface area contributed by atoms with Crippen LogP contribution in [0.4, 0.5) is 5.69 Å². The molecule has 1 aliphatic heterocycles. The number of hydrogen-bond donors (Lipinski definition) is 2. The summed E-state index contributed by atoms with van der Waals surface area (Å²) >= 11 is 0. The molecule has 2 N–H and O–H groups in total. The molecule has 0 atom stereocenters. The molecule has 1 aromatic rings. The molecule has 0 spiro atoms. The second-order valence-electron chi connectivity index (χ2n) is 5.15. The summed E-state index contributed by atoms with van der Waals surface area (Å²) in [6.07, 6.45) is 2.35. The number of carbonyl (C=O) groups excluding carboxylic acids is 1. The predicted octanol–water partition coefficient (Wildman–Crippen LogP) is 2.00. The van der Waals surface area contributed by atoms with Gasteiger partial charge in [0.1, 0.15) is 0 Å². The Balaban J connectivity index is 1.90. The number of carbonyl (C=O) groups is 1. The van der Waals surface area contributed by atoms with Crippen molar-refractivity contribution in [3.8, 4) is 0 Å². The molecular formula is C16H25N3O. The molecule has 1 aromatic carbocycles. The second-order valence-corrected chi connectivity index (χ2v) is 5.15. The van der Waals surface area contributed by atoms with Crippen LogP contribution < -0.4 is 10.6 Å². The molecule has 0 aromatic heterocycles. The van der Waals surface area contributed by atoms with E-state index in [9.17, 15) is 4.79 Å². The lowest BCUT2D eigenvalue weighted by molar-refractivity contribution is -0.129. The van der Waals surface area contributed by atoms with Crippen molar-refractivity contribution in [2.24, 2.45) is 0 Å². The van der Waals surface area contributed by atoms with Gasteiger partial charge >= 0.3 is 0 Å². The van der Waals surface area contributed by atoms with E-state index in [0.717, 1.165) is 32.6 Å². The molecule has 1 heterocycles. The SMILES string of the molecule is CCN(CC)C(=O)CNCc1cccc2c1NCCC2. The Morgan fingerprint density at radius 1 is 1.35 bits per heavy atom. The van der Waals surface area contributed by atoms with Crippen LogP contribution in [0, 0.1) is 0 Å². The predicted molar refractivity (Wildman–Crippen MR) is 82.9 cm³/mol. The van der Waals surface area contributed by atoms with Crippen molar-refractivity contribution in [3.05, 3.63) is 29.3 Å². The fraction of sp³-hybridized carbons (Fsp3) is 0.562. The number of aryl methyl sites for hydroxylation is 1. The summed E-state index contributed by atoms with van der Waals surface area (Å²) in [7, 11) is 0. The monoisotopic (exact) mass is 275 g/mol. The van der Waals surface area contributed by atoms with E-state index in [0.29, 0.717) is 6.54 Å². The third kappa shape index (κ3) is 3.51. The zero-order chi connectivity index (χ0) is 14.4. The maximum atomic E-state index is 11.9. The number of nitrogens with one attached hydrogen (secondary N) is 2. The summed E-state index contributed by atoms with van der Waals surface area (Å²) in [6.45, 7) is 7.77. The number of amides is 1. The van der Waals surface area contributed by atoms with Crippen molar-refractivity contribution < 1.29 is 4.79 Å². The van der Waals surface area contributed by atoms with Crippen molar-refractivity contribution >= 4 is 11.6 Å². The highest BCUT2D eigenvalue weighted by molar-refractivity contribution is 5.78. The molecule has 0 saturated carbocycles. The molecular weight excluding hydrogens is 250 g/mol. The van der Waals surface area contributed by atoms with Crippen LogP contribution in [0.15, 0.2) is 18.2 Å². The van der Waals surface area contributed by atoms with Crippen molar-refractivity contribution in [2.75, 3.05) is 31.5 Å². The van der Waals surface area contributed by atoms with Crippen LogP contribution in [0.25, 0.3) is 0 Å². The third-order valence-electron chi connectivity index (χ3n) is 3.87. The number of benzene rings is 1. The summed E-state index contributed by atoms with van der Waals surface area (Å²) in [5, 5.41) is 6.75. The number of para-hydroxylation sites is 1. The topological polar surface area (TPSA) is 44.4 Å². The van der Waals surface area contributed by atoms with Gasteiger partial charge in [-0.2, -0.15) is 0 Å². The van der Waals surface area contributed by atoms with Gasteiger partial charge in [-0.15, -0.1) is 0 Å². The van der Waals surface area contributed by atoms with Crippen LogP contribution >= 0.6 is 0 Å². The molecule has 0 unspecified atom stereocenters. The fourth-order valence-corrected chi connectivity index (χ4v) is 2.72. The Morgan fingerprint density at radius 3 is 2.90 bits per heavy atom. The normalized spacial score (nSPS) is 13.5. The molecule has 0 fully saturated rings. The van der Waals surface area contributed by atoms with E-state index in [1.165, 1.54) is 23.2 Å². The Hall–Kier alpha value is -1.55. The molecule has 110 valence electrons. The summed E-state index contributed by atoms with van der Waals surface area (Å²) in [5.74, 6) is 0.174. The first-order valence-electron chi connectivity index (χ1n) is 7.59. The molecule has 4 heteroatoms. The van der Waals surface area contributed by atoms with Gasteiger partial charge in [0.15, 0.2) is 0 Å². The summed E-state index contributed by atoms with van der Waals surface area (Å²) in [5.41, 5.74) is 3.92. The highest BCUT2D eigenvalue weighted by atomic mass is 16.2. The lowest BCUT2D eigenvalue weighted by atomic mass is 9.99. The molecule has 0 bridgehead atoms. The standard InChI is InChI=1S/C16H25N3O/c1-3-19(4-2)15(20)12-17-11-14-8-5-7-13-9-6-10-18-16(13)14/h5,7-8,17-18H,3-4,6,9-12H2,1-2H3. The zero-order valence-electron chi connectivity index (χ0n) is 12.5. The van der Waals surface area contributed by atoms with E-state index >= 15 is 0 Å². The highest BCUT2D eigenvalue weighted by Crippen LogP contribution is 2.25. The largest absolute Gasteiger partial charge is 0.385 e. The lowest BCUT2D eigenvalue weighted by Crippen LogP contribution is -2.37. The van der Waals surface area contributed by atoms with E-state index in [1.54, 1.807) is 0 Å². The van der Waals surface area contributed by atoms with Gasteiger partial charge in [0.25, 0.3) is 0 Å². The van der Waals surface area contributed by atoms with Gasteiger partial charge in [-0.3, -0.25) is 4.79 Å². The summed E-state index contributed by atoms with van der Waals surface area (Å²) < 4.78 is 0. The van der Waals surface area contributed by atoms with Gasteiger partial charge in [-0.25, -0.2) is 0 Å². The summed E-state index contributed by atoms with van der Waals surface area (Å²) in [4.78, 5) is 13.8.